The Kier molecular flexibility index (Phi) is 5.02. The maximum Gasteiger partial charge on any atom is 0.311 e. The molecule has 0 saturated heterocycles. The van der Waals surface area contributed by atoms with E-state index in [0.29, 0.717) is 11.1 Å². The summed E-state index contributed by atoms with van der Waals surface area (Å²) in [6.45, 7) is 3.34. The van der Waals surface area contributed by atoms with Gasteiger partial charge in [0.2, 0.25) is 0 Å². The number of carbonyl (C=O) groups excluding carboxylic acids is 2. The Hall–Kier alpha value is -2.69. The van der Waals surface area contributed by atoms with Gasteiger partial charge in [0.1, 0.15) is 5.82 Å². The summed E-state index contributed by atoms with van der Waals surface area (Å²) in [5.74, 6) is -1.06. The molecule has 0 aliphatic rings. The number of anilines is 1. The molecule has 0 bridgehead atoms. The van der Waals surface area contributed by atoms with Crippen LogP contribution >= 0.6 is 0 Å². The van der Waals surface area contributed by atoms with Gasteiger partial charge in [-0.1, -0.05) is 30.3 Å². The average molecular weight is 329 g/mol. The Balaban J connectivity index is 2.18. The minimum atomic E-state index is -0.884. The van der Waals surface area contributed by atoms with Crippen LogP contribution in [-0.2, 0) is 9.53 Å². The van der Waals surface area contributed by atoms with Crippen molar-refractivity contribution in [1.82, 2.24) is 0 Å². The van der Waals surface area contributed by atoms with Gasteiger partial charge in [-0.2, -0.15) is 0 Å². The Morgan fingerprint density at radius 1 is 1.08 bits per heavy atom. The zero-order chi connectivity index (χ0) is 17.9. The highest BCUT2D eigenvalue weighted by molar-refractivity contribution is 5.99. The fourth-order valence-electron chi connectivity index (χ4n) is 2.41. The molecule has 0 spiro atoms. The quantitative estimate of drug-likeness (QED) is 0.514. The van der Waals surface area contributed by atoms with E-state index < -0.39 is 17.2 Å². The number of nitrogen functional groups attached to an aromatic ring is 1. The summed E-state index contributed by atoms with van der Waals surface area (Å²) < 4.78 is 18.3. The third-order valence-electron chi connectivity index (χ3n) is 3.88. The fourth-order valence-corrected chi connectivity index (χ4v) is 2.41. The van der Waals surface area contributed by atoms with Gasteiger partial charge in [-0.25, -0.2) is 4.39 Å². The normalized spacial score (nSPS) is 11.2. The third-order valence-corrected chi connectivity index (χ3v) is 3.88. The van der Waals surface area contributed by atoms with Crippen molar-refractivity contribution in [3.8, 4) is 11.1 Å². The van der Waals surface area contributed by atoms with E-state index in [1.807, 2.05) is 0 Å². The Bertz CT molecular complexity index is 767. The van der Waals surface area contributed by atoms with Crippen molar-refractivity contribution in [3.05, 3.63) is 53.8 Å². The van der Waals surface area contributed by atoms with Crippen LogP contribution in [0.25, 0.3) is 11.1 Å². The number of Topliss-reactive ketones (excluding diaryl/α,β-unsaturated/α-hetero) is 1. The standard InChI is InChI=1S/C19H20FNO3/c1-19(2,18(23)24-3)11-17(22)13-6-4-12(5-7-13)14-8-9-16(21)15(20)10-14/h4-10H,11,21H2,1-3H3. The van der Waals surface area contributed by atoms with E-state index >= 15 is 0 Å². The van der Waals surface area contributed by atoms with E-state index in [2.05, 4.69) is 0 Å². The lowest BCUT2D eigenvalue weighted by atomic mass is 9.85. The predicted molar refractivity (Wildman–Crippen MR) is 91.0 cm³/mol. The second-order valence-electron chi connectivity index (χ2n) is 6.29. The van der Waals surface area contributed by atoms with Crippen LogP contribution in [0.5, 0.6) is 0 Å². The van der Waals surface area contributed by atoms with Gasteiger partial charge in [0.25, 0.3) is 0 Å². The molecule has 126 valence electrons. The first-order valence-electron chi connectivity index (χ1n) is 7.51. The number of carbonyl (C=O) groups is 2. The van der Waals surface area contributed by atoms with Crippen molar-refractivity contribution in [3.63, 3.8) is 0 Å². The van der Waals surface area contributed by atoms with Crippen LogP contribution in [0.3, 0.4) is 0 Å². The zero-order valence-electron chi connectivity index (χ0n) is 13.9. The minimum Gasteiger partial charge on any atom is -0.469 e. The number of halogens is 1. The van der Waals surface area contributed by atoms with E-state index in [1.165, 1.54) is 19.2 Å². The Labute approximate surface area is 140 Å². The summed E-state index contributed by atoms with van der Waals surface area (Å²) in [5, 5.41) is 0. The fraction of sp³-hybridized carbons (Fsp3) is 0.263. The number of ether oxygens (including phenoxy) is 1. The number of ketones is 1. The van der Waals surface area contributed by atoms with Crippen molar-refractivity contribution < 1.29 is 18.7 Å². The lowest BCUT2D eigenvalue weighted by molar-refractivity contribution is -0.150. The molecule has 0 atom stereocenters. The summed E-state index contributed by atoms with van der Waals surface area (Å²) in [5.41, 5.74) is 6.62. The highest BCUT2D eigenvalue weighted by Gasteiger charge is 2.31. The van der Waals surface area contributed by atoms with E-state index in [1.54, 1.807) is 44.2 Å². The van der Waals surface area contributed by atoms with E-state index in [-0.39, 0.29) is 17.9 Å². The van der Waals surface area contributed by atoms with E-state index in [9.17, 15) is 14.0 Å². The van der Waals surface area contributed by atoms with Crippen molar-refractivity contribution >= 4 is 17.4 Å². The summed E-state index contributed by atoms with van der Waals surface area (Å²) in [6.07, 6.45) is 0.0511. The maximum absolute atomic E-state index is 13.5. The molecule has 0 aliphatic heterocycles. The molecule has 0 amide bonds. The molecule has 4 nitrogen and oxygen atoms in total. The Morgan fingerprint density at radius 2 is 1.67 bits per heavy atom. The highest BCUT2D eigenvalue weighted by atomic mass is 19.1. The second kappa shape index (κ2) is 6.83. The number of nitrogens with two attached hydrogens (primary N) is 1. The van der Waals surface area contributed by atoms with Crippen LogP contribution in [0, 0.1) is 11.2 Å². The second-order valence-corrected chi connectivity index (χ2v) is 6.29. The van der Waals surface area contributed by atoms with Crippen LogP contribution in [0.15, 0.2) is 42.5 Å². The summed E-state index contributed by atoms with van der Waals surface area (Å²) in [4.78, 5) is 24.0. The average Bonchev–Trinajstić information content (AvgIpc) is 2.56. The van der Waals surface area contributed by atoms with Gasteiger partial charge in [0.15, 0.2) is 5.78 Å². The number of methoxy groups -OCH3 is 1. The molecule has 0 aromatic heterocycles. The molecule has 0 aliphatic carbocycles. The molecular weight excluding hydrogens is 309 g/mol. The molecule has 5 heteroatoms. The smallest absolute Gasteiger partial charge is 0.311 e. The van der Waals surface area contributed by atoms with Crippen LogP contribution in [-0.4, -0.2) is 18.9 Å². The molecule has 0 unspecified atom stereocenters. The van der Waals surface area contributed by atoms with Crippen LogP contribution < -0.4 is 5.73 Å². The Morgan fingerprint density at radius 3 is 2.21 bits per heavy atom. The van der Waals surface area contributed by atoms with Gasteiger partial charge in [0.05, 0.1) is 18.2 Å². The van der Waals surface area contributed by atoms with Gasteiger partial charge in [-0.15, -0.1) is 0 Å². The number of esters is 1. The molecule has 0 heterocycles. The molecule has 2 rings (SSSR count). The van der Waals surface area contributed by atoms with Crippen LogP contribution in [0.1, 0.15) is 30.6 Å². The zero-order valence-corrected chi connectivity index (χ0v) is 13.9. The molecule has 0 fully saturated rings. The SMILES string of the molecule is COC(=O)C(C)(C)CC(=O)c1ccc(-c2ccc(N)c(F)c2)cc1. The first-order valence-corrected chi connectivity index (χ1v) is 7.51. The molecule has 2 aromatic carbocycles. The lowest BCUT2D eigenvalue weighted by Gasteiger charge is -2.20. The number of hydrogen-bond donors (Lipinski definition) is 1. The number of benzene rings is 2. The summed E-state index contributed by atoms with van der Waals surface area (Å²) in [6, 6.07) is 11.4. The van der Waals surface area contributed by atoms with Gasteiger partial charge < -0.3 is 10.5 Å². The van der Waals surface area contributed by atoms with Crippen molar-refractivity contribution in [1.29, 1.82) is 0 Å². The molecule has 2 aromatic rings. The third kappa shape index (κ3) is 3.79. The minimum absolute atomic E-state index is 0.0511. The maximum atomic E-state index is 13.5. The van der Waals surface area contributed by atoms with Gasteiger partial charge in [-0.05, 0) is 37.1 Å². The van der Waals surface area contributed by atoms with E-state index in [4.69, 9.17) is 10.5 Å². The van der Waals surface area contributed by atoms with Crippen LogP contribution in [0.4, 0.5) is 10.1 Å². The molecule has 0 saturated carbocycles. The van der Waals surface area contributed by atoms with Crippen molar-refractivity contribution in [2.24, 2.45) is 5.41 Å². The predicted octanol–water partition coefficient (Wildman–Crippen LogP) is 3.85. The molecule has 24 heavy (non-hydrogen) atoms. The summed E-state index contributed by atoms with van der Waals surface area (Å²) >= 11 is 0. The van der Waals surface area contributed by atoms with Crippen molar-refractivity contribution in [2.75, 3.05) is 12.8 Å². The molecule has 0 radical (unpaired) electrons. The number of rotatable bonds is 5. The monoisotopic (exact) mass is 329 g/mol. The number of hydrogen-bond acceptors (Lipinski definition) is 4. The molecule has 2 N–H and O–H groups in total. The summed E-state index contributed by atoms with van der Waals surface area (Å²) in [7, 11) is 1.30. The van der Waals surface area contributed by atoms with Gasteiger partial charge in [0, 0.05) is 12.0 Å². The van der Waals surface area contributed by atoms with Gasteiger partial charge >= 0.3 is 5.97 Å². The van der Waals surface area contributed by atoms with E-state index in [0.717, 1.165) is 5.56 Å². The highest BCUT2D eigenvalue weighted by Crippen LogP contribution is 2.27. The topological polar surface area (TPSA) is 69.4 Å². The van der Waals surface area contributed by atoms with Gasteiger partial charge in [-0.3, -0.25) is 9.59 Å². The van der Waals surface area contributed by atoms with Crippen LogP contribution in [0.2, 0.25) is 0 Å². The molecular formula is C19H20FNO3. The first kappa shape index (κ1) is 17.7. The lowest BCUT2D eigenvalue weighted by Crippen LogP contribution is -2.28. The first-order chi connectivity index (χ1) is 11.2. The van der Waals surface area contributed by atoms with Crippen molar-refractivity contribution in [2.45, 2.75) is 20.3 Å². The largest absolute Gasteiger partial charge is 0.469 e.